The molecule has 0 saturated carbocycles. The van der Waals surface area contributed by atoms with Gasteiger partial charge in [-0.05, 0) is 24.6 Å². The smallest absolute Gasteiger partial charge is 0.277 e. The van der Waals surface area contributed by atoms with Crippen molar-refractivity contribution in [2.24, 2.45) is 10.9 Å². The highest BCUT2D eigenvalue weighted by atomic mass is 32.2. The largest absolute Gasteiger partial charge is 0.338 e. The molecule has 3 aromatic rings. The van der Waals surface area contributed by atoms with Crippen LogP contribution in [0.3, 0.4) is 0 Å². The molecular formula is C23H19F3N6OS. The molecule has 174 valence electrons. The number of amides is 1. The Morgan fingerprint density at radius 1 is 1.12 bits per heavy atom. The van der Waals surface area contributed by atoms with E-state index in [4.69, 9.17) is 4.99 Å². The maximum absolute atomic E-state index is 14.0. The van der Waals surface area contributed by atoms with Gasteiger partial charge in [-0.15, -0.1) is 11.8 Å². The summed E-state index contributed by atoms with van der Waals surface area (Å²) in [5, 5.41) is 3.57. The minimum Gasteiger partial charge on any atom is -0.338 e. The Labute approximate surface area is 197 Å². The quantitative estimate of drug-likeness (QED) is 0.602. The van der Waals surface area contributed by atoms with Gasteiger partial charge in [0, 0.05) is 30.0 Å². The second-order valence-electron chi connectivity index (χ2n) is 8.16. The molecule has 2 aliphatic rings. The van der Waals surface area contributed by atoms with Gasteiger partial charge in [-0.1, -0.05) is 12.1 Å². The third kappa shape index (κ3) is 4.11. The van der Waals surface area contributed by atoms with Crippen LogP contribution < -0.4 is 10.2 Å². The number of nitrogens with one attached hydrogen (secondary N) is 1. The average molecular weight is 485 g/mol. The molecule has 1 amide bonds. The van der Waals surface area contributed by atoms with E-state index in [9.17, 15) is 18.0 Å². The van der Waals surface area contributed by atoms with Crippen molar-refractivity contribution in [2.45, 2.75) is 12.5 Å². The van der Waals surface area contributed by atoms with E-state index >= 15 is 0 Å². The molecular weight excluding hydrogens is 465 g/mol. The molecule has 1 aromatic carbocycles. The van der Waals surface area contributed by atoms with Gasteiger partial charge in [0.15, 0.2) is 17.3 Å². The summed E-state index contributed by atoms with van der Waals surface area (Å²) in [6, 6.07) is 7.81. The second kappa shape index (κ2) is 8.71. The van der Waals surface area contributed by atoms with E-state index in [0.29, 0.717) is 30.8 Å². The standard InChI is InChI=1S/C23H19F3N6OS/c1-13-31-23(12-32(10-15(23)11-34-13)22-28-8-17(25)9-29-22)14-3-2-4-18(5-14)30-21(33)20-19(26)6-16(24)7-27-20/h2-9,15H,10-12H2,1H3,(H,30,33). The topological polar surface area (TPSA) is 83.4 Å². The highest BCUT2D eigenvalue weighted by Gasteiger charge is 2.50. The molecule has 0 bridgehead atoms. The molecule has 4 heterocycles. The summed E-state index contributed by atoms with van der Waals surface area (Å²) in [6.45, 7) is 3.07. The van der Waals surface area contributed by atoms with Gasteiger partial charge in [-0.2, -0.15) is 0 Å². The molecule has 2 aromatic heterocycles. The number of fused-ring (bicyclic) bond motifs is 1. The lowest BCUT2D eigenvalue weighted by Crippen LogP contribution is -2.38. The number of nitrogens with zero attached hydrogens (tertiary/aromatic N) is 5. The number of pyridine rings is 1. The predicted molar refractivity (Wildman–Crippen MR) is 123 cm³/mol. The Hall–Kier alpha value is -3.47. The van der Waals surface area contributed by atoms with Crippen molar-refractivity contribution in [3.63, 3.8) is 0 Å². The third-order valence-corrected chi connectivity index (χ3v) is 7.01. The van der Waals surface area contributed by atoms with Crippen molar-refractivity contribution >= 4 is 34.3 Å². The van der Waals surface area contributed by atoms with E-state index in [1.54, 1.807) is 30.0 Å². The van der Waals surface area contributed by atoms with Crippen molar-refractivity contribution in [1.29, 1.82) is 0 Å². The molecule has 7 nitrogen and oxygen atoms in total. The fourth-order valence-electron chi connectivity index (χ4n) is 4.40. The number of rotatable bonds is 4. The first-order valence-corrected chi connectivity index (χ1v) is 11.5. The molecule has 11 heteroatoms. The van der Waals surface area contributed by atoms with Crippen LogP contribution in [0, 0.1) is 23.4 Å². The number of aliphatic imine (C=N–C) groups is 1. The number of anilines is 2. The first-order chi connectivity index (χ1) is 16.3. The van der Waals surface area contributed by atoms with Crippen molar-refractivity contribution in [2.75, 3.05) is 29.1 Å². The second-order valence-corrected chi connectivity index (χ2v) is 9.38. The van der Waals surface area contributed by atoms with Gasteiger partial charge in [-0.25, -0.2) is 28.1 Å². The van der Waals surface area contributed by atoms with Crippen LogP contribution in [0.15, 0.2) is 53.9 Å². The molecule has 1 saturated heterocycles. The van der Waals surface area contributed by atoms with E-state index in [2.05, 4.69) is 20.3 Å². The van der Waals surface area contributed by atoms with Gasteiger partial charge in [0.1, 0.15) is 11.4 Å². The molecule has 2 atom stereocenters. The van der Waals surface area contributed by atoms with Gasteiger partial charge >= 0.3 is 0 Å². The van der Waals surface area contributed by atoms with Crippen LogP contribution >= 0.6 is 11.8 Å². The lowest BCUT2D eigenvalue weighted by molar-refractivity contribution is 0.101. The first-order valence-electron chi connectivity index (χ1n) is 10.5. The summed E-state index contributed by atoms with van der Waals surface area (Å²) in [4.78, 5) is 31.4. The summed E-state index contributed by atoms with van der Waals surface area (Å²) in [5.41, 5.74) is 0.190. The van der Waals surface area contributed by atoms with E-state index in [-0.39, 0.29) is 5.92 Å². The maximum atomic E-state index is 14.0. The van der Waals surface area contributed by atoms with Crippen molar-refractivity contribution in [3.05, 3.63) is 77.6 Å². The van der Waals surface area contributed by atoms with E-state index in [1.807, 2.05) is 17.9 Å². The van der Waals surface area contributed by atoms with Crippen LogP contribution in [-0.4, -0.2) is 44.7 Å². The highest BCUT2D eigenvalue weighted by Crippen LogP contribution is 2.47. The number of halogens is 3. The fraction of sp³-hybridized carbons (Fsp3) is 0.261. The van der Waals surface area contributed by atoms with Gasteiger partial charge in [-0.3, -0.25) is 9.79 Å². The van der Waals surface area contributed by atoms with Crippen molar-refractivity contribution in [1.82, 2.24) is 15.0 Å². The number of carbonyl (C=O) groups is 1. The van der Waals surface area contributed by atoms with Crippen molar-refractivity contribution < 1.29 is 18.0 Å². The minimum absolute atomic E-state index is 0.122. The number of hydrogen-bond acceptors (Lipinski definition) is 7. The highest BCUT2D eigenvalue weighted by molar-refractivity contribution is 8.13. The van der Waals surface area contributed by atoms with E-state index < -0.39 is 34.6 Å². The Morgan fingerprint density at radius 2 is 1.88 bits per heavy atom. The van der Waals surface area contributed by atoms with E-state index in [0.717, 1.165) is 35.0 Å². The zero-order chi connectivity index (χ0) is 23.9. The number of hydrogen-bond donors (Lipinski definition) is 1. The zero-order valence-corrected chi connectivity index (χ0v) is 18.8. The monoisotopic (exact) mass is 484 g/mol. The van der Waals surface area contributed by atoms with Crippen LogP contribution in [0.25, 0.3) is 0 Å². The van der Waals surface area contributed by atoms with E-state index in [1.165, 1.54) is 0 Å². The molecule has 0 radical (unpaired) electrons. The third-order valence-electron chi connectivity index (χ3n) is 5.93. The maximum Gasteiger partial charge on any atom is 0.277 e. The normalized spacial score (nSPS) is 21.7. The Balaban J connectivity index is 1.46. The average Bonchev–Trinajstić information content (AvgIpc) is 3.19. The molecule has 0 aliphatic carbocycles. The number of aromatic nitrogens is 3. The van der Waals surface area contributed by atoms with Crippen LogP contribution in [0.1, 0.15) is 23.0 Å². The van der Waals surface area contributed by atoms with Crippen LogP contribution in [0.4, 0.5) is 24.8 Å². The number of carbonyl (C=O) groups excluding carboxylic acids is 1. The summed E-state index contributed by atoms with van der Waals surface area (Å²) in [5.74, 6) is -1.81. The molecule has 2 unspecified atom stereocenters. The van der Waals surface area contributed by atoms with Gasteiger partial charge in [0.25, 0.3) is 5.91 Å². The molecule has 34 heavy (non-hydrogen) atoms. The predicted octanol–water partition coefficient (Wildman–Crippen LogP) is 4.04. The van der Waals surface area contributed by atoms with Crippen LogP contribution in [0.5, 0.6) is 0 Å². The lowest BCUT2D eigenvalue weighted by Gasteiger charge is -2.35. The summed E-state index contributed by atoms with van der Waals surface area (Å²) in [7, 11) is 0. The summed E-state index contributed by atoms with van der Waals surface area (Å²) >= 11 is 1.67. The Kier molecular flexibility index (Phi) is 5.72. The lowest BCUT2D eigenvalue weighted by atomic mass is 9.81. The fourth-order valence-corrected chi connectivity index (χ4v) is 5.46. The first kappa shape index (κ1) is 22.3. The van der Waals surface area contributed by atoms with Crippen LogP contribution in [-0.2, 0) is 5.54 Å². The summed E-state index contributed by atoms with van der Waals surface area (Å²) in [6.07, 6.45) is 3.07. The Morgan fingerprint density at radius 3 is 2.65 bits per heavy atom. The minimum atomic E-state index is -1.04. The van der Waals surface area contributed by atoms with Gasteiger partial charge < -0.3 is 10.2 Å². The summed E-state index contributed by atoms with van der Waals surface area (Å²) < 4.78 is 40.5. The number of thioether (sulfide) groups is 1. The van der Waals surface area contributed by atoms with Gasteiger partial charge in [0.05, 0.1) is 30.2 Å². The molecule has 1 N–H and O–H groups in total. The molecule has 0 spiro atoms. The van der Waals surface area contributed by atoms with Crippen molar-refractivity contribution in [3.8, 4) is 0 Å². The molecule has 1 fully saturated rings. The SMILES string of the molecule is CC1=NC2(c3cccc(NC(=O)c4ncc(F)cc4F)c3)CN(c3ncc(F)cn3)CC2CS1. The van der Waals surface area contributed by atoms with Gasteiger partial charge in [0.2, 0.25) is 5.95 Å². The molecule has 5 rings (SSSR count). The van der Waals surface area contributed by atoms with Crippen LogP contribution in [0.2, 0.25) is 0 Å². The number of benzene rings is 1. The Bertz CT molecular complexity index is 1290. The zero-order valence-electron chi connectivity index (χ0n) is 18.0. The molecule has 2 aliphatic heterocycles.